The molecule has 1 N–H and O–H groups in total. The Labute approximate surface area is 205 Å². The number of hydrogen-bond acceptors (Lipinski definition) is 3. The van der Waals surface area contributed by atoms with Gasteiger partial charge in [-0.05, 0) is 42.5 Å². The van der Waals surface area contributed by atoms with Gasteiger partial charge in [-0.2, -0.15) is 12.6 Å². The molecule has 1 saturated heterocycles. The van der Waals surface area contributed by atoms with Crippen molar-refractivity contribution in [3.05, 3.63) is 77.2 Å². The van der Waals surface area contributed by atoms with Gasteiger partial charge in [-0.3, -0.25) is 9.69 Å². The van der Waals surface area contributed by atoms with Crippen LogP contribution in [0.2, 0.25) is 0 Å². The Morgan fingerprint density at radius 2 is 1.81 bits per heavy atom. The van der Waals surface area contributed by atoms with Gasteiger partial charge in [-0.15, -0.1) is 24.8 Å². The zero-order valence-electron chi connectivity index (χ0n) is 17.5. The van der Waals surface area contributed by atoms with Gasteiger partial charge in [0.05, 0.1) is 6.04 Å². The number of rotatable bonds is 5. The first-order valence-corrected chi connectivity index (χ1v) is 11.1. The average Bonchev–Trinajstić information content (AvgIpc) is 3.53. The Morgan fingerprint density at radius 3 is 2.56 bits per heavy atom. The van der Waals surface area contributed by atoms with Gasteiger partial charge in [-0.25, -0.2) is 4.39 Å². The number of fused-ring (bicyclic) bond motifs is 1. The second kappa shape index (κ2) is 10.4. The summed E-state index contributed by atoms with van der Waals surface area (Å²) in [6.07, 6.45) is 6.87. The third-order valence-corrected chi connectivity index (χ3v) is 6.87. The second-order valence-corrected chi connectivity index (χ2v) is 9.01. The van der Waals surface area contributed by atoms with Crippen LogP contribution >= 0.6 is 37.4 Å². The van der Waals surface area contributed by atoms with E-state index in [-0.39, 0.29) is 47.6 Å². The molecule has 1 saturated carbocycles. The largest absolute Gasteiger partial charge is 0.361 e. The Hall–Kier alpha value is -1.79. The summed E-state index contributed by atoms with van der Waals surface area (Å²) in [5, 5.41) is 1.30. The highest BCUT2D eigenvalue weighted by Crippen LogP contribution is 2.40. The third kappa shape index (κ3) is 4.91. The number of hydrogen-bond donors (Lipinski definition) is 2. The maximum atomic E-state index is 14.7. The summed E-state index contributed by atoms with van der Waals surface area (Å²) in [6.45, 7) is 1.35. The van der Waals surface area contributed by atoms with Crippen molar-refractivity contribution in [2.75, 3.05) is 13.1 Å². The first-order valence-electron chi connectivity index (χ1n) is 10.6. The van der Waals surface area contributed by atoms with E-state index in [1.54, 1.807) is 12.1 Å². The van der Waals surface area contributed by atoms with Crippen molar-refractivity contribution < 1.29 is 9.18 Å². The molecule has 2 heterocycles. The van der Waals surface area contributed by atoms with Crippen molar-refractivity contribution in [2.24, 2.45) is 5.92 Å². The molecule has 7 heteroatoms. The highest BCUT2D eigenvalue weighted by molar-refractivity contribution is 7.81. The van der Waals surface area contributed by atoms with E-state index in [1.165, 1.54) is 17.0 Å². The molecule has 2 fully saturated rings. The number of carbonyl (C=O) groups is 1. The van der Waals surface area contributed by atoms with Crippen molar-refractivity contribution in [3.63, 3.8) is 0 Å². The number of carbonyl (C=O) groups excluding carboxylic acids is 1. The molecular formula is C25H27Cl2FN2OS. The molecule has 32 heavy (non-hydrogen) atoms. The quantitative estimate of drug-likeness (QED) is 0.412. The van der Waals surface area contributed by atoms with Crippen LogP contribution in [0.3, 0.4) is 0 Å². The number of thiol groups is 1. The lowest BCUT2D eigenvalue weighted by molar-refractivity contribution is -0.126. The predicted molar refractivity (Wildman–Crippen MR) is 137 cm³/mol. The van der Waals surface area contributed by atoms with Crippen molar-refractivity contribution in [1.82, 2.24) is 9.88 Å². The first kappa shape index (κ1) is 24.8. The molecule has 1 aromatic heterocycles. The number of aromatic nitrogens is 1. The minimum absolute atomic E-state index is 0. The fourth-order valence-corrected chi connectivity index (χ4v) is 4.76. The van der Waals surface area contributed by atoms with Crippen LogP contribution in [0.4, 0.5) is 4.39 Å². The summed E-state index contributed by atoms with van der Waals surface area (Å²) >= 11 is 4.82. The van der Waals surface area contributed by atoms with Crippen molar-refractivity contribution in [1.29, 1.82) is 0 Å². The maximum absolute atomic E-state index is 14.7. The van der Waals surface area contributed by atoms with Gasteiger partial charge in [0.25, 0.3) is 0 Å². The predicted octanol–water partition coefficient (Wildman–Crippen LogP) is 6.26. The monoisotopic (exact) mass is 492 g/mol. The van der Waals surface area contributed by atoms with Gasteiger partial charge in [0.2, 0.25) is 0 Å². The molecule has 3 nitrogen and oxygen atoms in total. The van der Waals surface area contributed by atoms with Crippen LogP contribution < -0.4 is 0 Å². The number of piperidine rings is 1. The van der Waals surface area contributed by atoms with Gasteiger partial charge in [0.15, 0.2) is 5.78 Å². The summed E-state index contributed by atoms with van der Waals surface area (Å²) in [6, 6.07) is 14.4. The number of halogens is 3. The molecule has 2 aliphatic rings. The van der Waals surface area contributed by atoms with Crippen LogP contribution in [-0.2, 0) is 4.79 Å². The van der Waals surface area contributed by atoms with Gasteiger partial charge in [-0.1, -0.05) is 42.5 Å². The fraction of sp³-hybridized carbons (Fsp3) is 0.320. The number of ketones is 1. The molecule has 2 atom stereocenters. The molecular weight excluding hydrogens is 466 g/mol. The molecule has 1 aliphatic carbocycles. The molecule has 5 rings (SSSR count). The lowest BCUT2D eigenvalue weighted by Crippen LogP contribution is -2.42. The normalized spacial score (nSPS) is 21.1. The van der Waals surface area contributed by atoms with Crippen LogP contribution in [0.1, 0.15) is 36.4 Å². The van der Waals surface area contributed by atoms with E-state index in [9.17, 15) is 9.18 Å². The van der Waals surface area contributed by atoms with E-state index in [1.807, 2.05) is 24.4 Å². The molecule has 3 aromatic rings. The molecule has 2 aromatic carbocycles. The van der Waals surface area contributed by atoms with Crippen LogP contribution in [0.5, 0.6) is 0 Å². The highest BCUT2D eigenvalue weighted by atomic mass is 35.5. The summed E-state index contributed by atoms with van der Waals surface area (Å²) in [4.78, 5) is 18.6. The van der Waals surface area contributed by atoms with Crippen LogP contribution in [0.25, 0.3) is 17.0 Å². The van der Waals surface area contributed by atoms with E-state index in [4.69, 9.17) is 12.6 Å². The van der Waals surface area contributed by atoms with Gasteiger partial charge < -0.3 is 4.98 Å². The van der Waals surface area contributed by atoms with Crippen LogP contribution in [-0.4, -0.2) is 34.0 Å². The van der Waals surface area contributed by atoms with Crippen LogP contribution in [0.15, 0.2) is 60.3 Å². The molecule has 0 spiro atoms. The molecule has 0 amide bonds. The summed E-state index contributed by atoms with van der Waals surface area (Å²) < 4.78 is 14.7. The number of aromatic amines is 1. The number of nitrogens with zero attached hydrogens (tertiary/aromatic N) is 1. The van der Waals surface area contributed by atoms with Crippen molar-refractivity contribution >= 4 is 60.2 Å². The number of H-pyrrole nitrogens is 1. The smallest absolute Gasteiger partial charge is 0.157 e. The van der Waals surface area contributed by atoms with Gasteiger partial charge >= 0.3 is 0 Å². The molecule has 0 radical (unpaired) electrons. The van der Waals surface area contributed by atoms with Gasteiger partial charge in [0.1, 0.15) is 5.82 Å². The maximum Gasteiger partial charge on any atom is 0.157 e. The van der Waals surface area contributed by atoms with Crippen molar-refractivity contribution in [3.8, 4) is 0 Å². The standard InChI is InChI=1S/C25H25FN2OS.2ClH/c26-21-7-3-1-6-20(21)24(25(29)16-9-10-16)28-12-11-23(30)18(15-28)13-17-14-27-22-8-4-2-5-19(17)22;;/h1-8,13-14,16,23-24,27,30H,9-12,15H2;2*1H/b18-13-;;. The molecule has 1 aliphatic heterocycles. The summed E-state index contributed by atoms with van der Waals surface area (Å²) in [5.74, 6) is -0.0693. The number of nitrogens with one attached hydrogen (secondary N) is 1. The Bertz CT molecular complexity index is 1130. The second-order valence-electron chi connectivity index (χ2n) is 8.38. The highest BCUT2D eigenvalue weighted by Gasteiger charge is 2.40. The van der Waals surface area contributed by atoms with E-state index in [0.717, 1.165) is 36.9 Å². The van der Waals surface area contributed by atoms with Crippen molar-refractivity contribution in [2.45, 2.75) is 30.6 Å². The number of likely N-dealkylation sites (tertiary alicyclic amines) is 1. The molecule has 0 bridgehead atoms. The number of Topliss-reactive ketones (excluding diaryl/α,β-unsaturated/α-hetero) is 1. The fourth-order valence-electron chi connectivity index (χ4n) is 4.49. The lowest BCUT2D eigenvalue weighted by atomic mass is 9.93. The van der Waals surface area contributed by atoms with Crippen LogP contribution in [0, 0.1) is 11.7 Å². The van der Waals surface area contributed by atoms with E-state index in [0.29, 0.717) is 12.1 Å². The van der Waals surface area contributed by atoms with E-state index < -0.39 is 6.04 Å². The Morgan fingerprint density at radius 1 is 1.09 bits per heavy atom. The topological polar surface area (TPSA) is 36.1 Å². The Balaban J connectivity index is 0.00000144. The third-order valence-electron chi connectivity index (χ3n) is 6.28. The Kier molecular flexibility index (Phi) is 8.10. The summed E-state index contributed by atoms with van der Waals surface area (Å²) in [5.41, 5.74) is 3.89. The minimum Gasteiger partial charge on any atom is -0.361 e. The molecule has 2 unspecified atom stereocenters. The number of para-hydroxylation sites is 1. The van der Waals surface area contributed by atoms with E-state index >= 15 is 0 Å². The average molecular weight is 493 g/mol. The number of benzene rings is 2. The first-order chi connectivity index (χ1) is 14.6. The zero-order chi connectivity index (χ0) is 20.7. The zero-order valence-corrected chi connectivity index (χ0v) is 20.1. The summed E-state index contributed by atoms with van der Waals surface area (Å²) in [7, 11) is 0. The SMILES string of the molecule is Cl.Cl.O=C(C1CC1)C(c1ccccc1F)N1CCC(S)/C(=C\c2c[nH]c3ccccc23)C1. The lowest BCUT2D eigenvalue weighted by Gasteiger charge is -2.37. The van der Waals surface area contributed by atoms with Gasteiger partial charge in [0, 0.05) is 46.9 Å². The minimum atomic E-state index is -0.522. The van der Waals surface area contributed by atoms with E-state index in [2.05, 4.69) is 28.1 Å². The molecule has 170 valence electrons.